The molecule has 0 unspecified atom stereocenters. The molecule has 166 valence electrons. The fourth-order valence-electron chi connectivity index (χ4n) is 3.39. The molecular weight excluding hydrogens is 447 g/mol. The minimum atomic E-state index is -4.74. The summed E-state index contributed by atoms with van der Waals surface area (Å²) in [5.74, 6) is -1.36. The van der Waals surface area contributed by atoms with Gasteiger partial charge in [-0.1, -0.05) is 23.7 Å². The Kier molecular flexibility index (Phi) is 5.55. The number of methoxy groups -OCH3 is 1. The highest BCUT2D eigenvalue weighted by Gasteiger charge is 2.41. The van der Waals surface area contributed by atoms with Gasteiger partial charge in [-0.25, -0.2) is 4.68 Å². The summed E-state index contributed by atoms with van der Waals surface area (Å²) in [5, 5.41) is 9.68. The monoisotopic (exact) mass is 463 g/mol. The normalized spacial score (nSPS) is 15.8. The van der Waals surface area contributed by atoms with Crippen molar-refractivity contribution in [2.45, 2.75) is 19.1 Å². The van der Waals surface area contributed by atoms with E-state index in [9.17, 15) is 18.0 Å². The summed E-state index contributed by atoms with van der Waals surface area (Å²) in [5.41, 5.74) is 1.56. The summed E-state index contributed by atoms with van der Waals surface area (Å²) >= 11 is 5.89. The summed E-state index contributed by atoms with van der Waals surface area (Å²) in [6.07, 6.45) is -4.74. The number of hydrogen-bond acceptors (Lipinski definition) is 5. The van der Waals surface area contributed by atoms with E-state index in [0.717, 1.165) is 4.68 Å². The average molecular weight is 464 g/mol. The molecule has 1 aliphatic rings. The number of rotatable bonds is 4. The molecule has 3 aromatic rings. The number of amides is 1. The summed E-state index contributed by atoms with van der Waals surface area (Å²) in [4.78, 5) is 16.8. The lowest BCUT2D eigenvalue weighted by molar-refractivity contribution is -0.145. The zero-order valence-corrected chi connectivity index (χ0v) is 17.6. The van der Waals surface area contributed by atoms with E-state index in [4.69, 9.17) is 16.3 Å². The quantitative estimate of drug-likeness (QED) is 0.576. The number of nitrogens with one attached hydrogen (secondary N) is 2. The third kappa shape index (κ3) is 4.13. The van der Waals surface area contributed by atoms with E-state index in [-0.39, 0.29) is 11.5 Å². The minimum absolute atomic E-state index is 0.112. The van der Waals surface area contributed by atoms with Crippen molar-refractivity contribution in [2.24, 2.45) is 0 Å². The number of benzene rings is 2. The van der Waals surface area contributed by atoms with Crippen LogP contribution >= 0.6 is 11.6 Å². The van der Waals surface area contributed by atoms with Gasteiger partial charge < -0.3 is 15.4 Å². The van der Waals surface area contributed by atoms with E-state index in [1.54, 1.807) is 55.5 Å². The van der Waals surface area contributed by atoms with E-state index < -0.39 is 23.9 Å². The number of carbonyl (C=O) groups is 1. The fourth-order valence-corrected chi connectivity index (χ4v) is 3.52. The number of allylic oxidation sites excluding steroid dienone is 1. The van der Waals surface area contributed by atoms with Crippen LogP contribution in [-0.2, 0) is 11.0 Å². The number of halogens is 4. The number of carbonyl (C=O) groups excluding carboxylic acids is 1. The van der Waals surface area contributed by atoms with Gasteiger partial charge in [0.1, 0.15) is 11.8 Å². The second kappa shape index (κ2) is 8.19. The maximum atomic E-state index is 13.3. The van der Waals surface area contributed by atoms with E-state index in [0.29, 0.717) is 27.7 Å². The standard InChI is InChI=1S/C21H17ClF3N5O2/c1-11-16(18(31)27-14-7-5-13(22)6-8-14)17(12-3-9-15(32-2)10-4-12)30-20(26-11)28-19(29-30)21(23,24)25/h3-10,17H,1-2H3,(H,27,31)(H,26,28,29)/t17-/m1/s1. The molecule has 0 radical (unpaired) electrons. The molecule has 0 bridgehead atoms. The van der Waals surface area contributed by atoms with E-state index >= 15 is 0 Å². The van der Waals surface area contributed by atoms with Crippen molar-refractivity contribution in [1.82, 2.24) is 14.8 Å². The fraction of sp³-hybridized carbons (Fsp3) is 0.190. The smallest absolute Gasteiger partial charge is 0.453 e. The van der Waals surface area contributed by atoms with E-state index in [2.05, 4.69) is 20.7 Å². The number of aromatic nitrogens is 3. The number of hydrogen-bond donors (Lipinski definition) is 2. The largest absolute Gasteiger partial charge is 0.497 e. The van der Waals surface area contributed by atoms with Crippen LogP contribution in [0.3, 0.4) is 0 Å². The third-order valence-electron chi connectivity index (χ3n) is 4.88. The first-order valence-electron chi connectivity index (χ1n) is 9.40. The van der Waals surface area contributed by atoms with Crippen molar-refractivity contribution in [3.8, 4) is 5.75 Å². The first-order valence-corrected chi connectivity index (χ1v) is 9.77. The molecule has 2 heterocycles. The first kappa shape index (κ1) is 21.7. The SMILES string of the molecule is COc1ccc([C@@H]2C(C(=O)Nc3ccc(Cl)cc3)=C(C)Nc3nc(C(F)(F)F)nn32)cc1. The number of fused-ring (bicyclic) bond motifs is 1. The van der Waals surface area contributed by atoms with Crippen LogP contribution in [0.2, 0.25) is 5.02 Å². The Labute approximate surface area is 185 Å². The van der Waals surface area contributed by atoms with Gasteiger partial charge in [-0.05, 0) is 48.9 Å². The van der Waals surface area contributed by atoms with Gasteiger partial charge in [-0.2, -0.15) is 18.2 Å². The lowest BCUT2D eigenvalue weighted by Gasteiger charge is -2.28. The number of anilines is 2. The summed E-state index contributed by atoms with van der Waals surface area (Å²) in [6, 6.07) is 12.2. The van der Waals surface area contributed by atoms with Crippen LogP contribution in [0.4, 0.5) is 24.8 Å². The predicted octanol–water partition coefficient (Wildman–Crippen LogP) is 4.89. The van der Waals surface area contributed by atoms with Crippen LogP contribution in [0.1, 0.15) is 24.4 Å². The number of ether oxygens (including phenoxy) is 1. The van der Waals surface area contributed by atoms with E-state index in [1.807, 2.05) is 0 Å². The topological polar surface area (TPSA) is 81.1 Å². The minimum Gasteiger partial charge on any atom is -0.497 e. The molecule has 32 heavy (non-hydrogen) atoms. The first-order chi connectivity index (χ1) is 15.2. The number of nitrogens with zero attached hydrogens (tertiary/aromatic N) is 3. The molecule has 2 N–H and O–H groups in total. The highest BCUT2D eigenvalue weighted by atomic mass is 35.5. The van der Waals surface area contributed by atoms with Crippen LogP contribution in [0.5, 0.6) is 5.75 Å². The second-order valence-corrected chi connectivity index (χ2v) is 7.44. The van der Waals surface area contributed by atoms with Gasteiger partial charge in [0.05, 0.1) is 12.7 Å². The van der Waals surface area contributed by atoms with Gasteiger partial charge in [0.2, 0.25) is 5.95 Å². The van der Waals surface area contributed by atoms with Crippen LogP contribution in [0.25, 0.3) is 0 Å². The maximum Gasteiger partial charge on any atom is 0.453 e. The number of alkyl halides is 3. The molecule has 1 aliphatic heterocycles. The zero-order valence-electron chi connectivity index (χ0n) is 16.9. The molecule has 0 fully saturated rings. The van der Waals surface area contributed by atoms with Gasteiger partial charge in [0.25, 0.3) is 11.7 Å². The van der Waals surface area contributed by atoms with Gasteiger partial charge >= 0.3 is 6.18 Å². The Morgan fingerprint density at radius 1 is 1.16 bits per heavy atom. The lowest BCUT2D eigenvalue weighted by atomic mass is 9.95. The van der Waals surface area contributed by atoms with Crippen molar-refractivity contribution in [2.75, 3.05) is 17.7 Å². The van der Waals surface area contributed by atoms with Crippen molar-refractivity contribution in [3.05, 3.63) is 76.2 Å². The van der Waals surface area contributed by atoms with Gasteiger partial charge in [-0.3, -0.25) is 4.79 Å². The summed E-state index contributed by atoms with van der Waals surface area (Å²) < 4.78 is 46.1. The molecule has 11 heteroatoms. The van der Waals surface area contributed by atoms with Crippen molar-refractivity contribution in [3.63, 3.8) is 0 Å². The van der Waals surface area contributed by atoms with Gasteiger partial charge in [0, 0.05) is 16.4 Å². The average Bonchev–Trinajstić information content (AvgIpc) is 3.18. The predicted molar refractivity (Wildman–Crippen MR) is 113 cm³/mol. The molecule has 4 rings (SSSR count). The lowest BCUT2D eigenvalue weighted by Crippen LogP contribution is -2.31. The second-order valence-electron chi connectivity index (χ2n) is 7.00. The Morgan fingerprint density at radius 3 is 2.41 bits per heavy atom. The molecule has 0 aliphatic carbocycles. The summed E-state index contributed by atoms with van der Waals surface area (Å²) in [7, 11) is 1.50. The van der Waals surface area contributed by atoms with Crippen molar-refractivity contribution >= 4 is 29.1 Å². The third-order valence-corrected chi connectivity index (χ3v) is 5.14. The molecule has 0 saturated carbocycles. The Morgan fingerprint density at radius 2 is 1.81 bits per heavy atom. The molecule has 7 nitrogen and oxygen atoms in total. The molecule has 1 aromatic heterocycles. The zero-order chi connectivity index (χ0) is 23.0. The van der Waals surface area contributed by atoms with Crippen LogP contribution in [-0.4, -0.2) is 27.8 Å². The Balaban J connectivity index is 1.79. The molecule has 0 saturated heterocycles. The van der Waals surface area contributed by atoms with Gasteiger partial charge in [-0.15, -0.1) is 5.10 Å². The molecule has 1 atom stereocenters. The van der Waals surface area contributed by atoms with Crippen LogP contribution in [0.15, 0.2) is 59.8 Å². The maximum absolute atomic E-state index is 13.3. The van der Waals surface area contributed by atoms with E-state index in [1.165, 1.54) is 7.11 Å². The highest BCUT2D eigenvalue weighted by Crippen LogP contribution is 2.38. The van der Waals surface area contributed by atoms with Crippen LogP contribution < -0.4 is 15.4 Å². The molecule has 0 spiro atoms. The van der Waals surface area contributed by atoms with Crippen molar-refractivity contribution in [1.29, 1.82) is 0 Å². The highest BCUT2D eigenvalue weighted by molar-refractivity contribution is 6.30. The molecule has 1 amide bonds. The Hall–Kier alpha value is -3.53. The molecular formula is C21H17ClF3N5O2. The Bertz CT molecular complexity index is 1190. The molecule has 2 aromatic carbocycles. The van der Waals surface area contributed by atoms with Crippen LogP contribution in [0, 0.1) is 0 Å². The van der Waals surface area contributed by atoms with Crippen molar-refractivity contribution < 1.29 is 22.7 Å². The van der Waals surface area contributed by atoms with Gasteiger partial charge in [0.15, 0.2) is 0 Å². The summed E-state index contributed by atoms with van der Waals surface area (Å²) in [6.45, 7) is 1.60.